The largest absolute Gasteiger partial charge is 0.358 e. The van der Waals surface area contributed by atoms with Gasteiger partial charge in [-0.05, 0) is 0 Å². The molecule has 0 fully saturated rings. The van der Waals surface area contributed by atoms with Crippen LogP contribution in [0, 0.1) is 7.43 Å². The zero-order valence-corrected chi connectivity index (χ0v) is 7.22. The van der Waals surface area contributed by atoms with Gasteiger partial charge in [-0.25, -0.2) is 0 Å². The summed E-state index contributed by atoms with van der Waals surface area (Å²) in [5, 5.41) is 0. The smallest absolute Gasteiger partial charge is 0.314 e. The molecule has 0 aromatic rings. The molecule has 0 aliphatic heterocycles. The molecule has 0 atom stereocenters. The maximum Gasteiger partial charge on any atom is 0.314 e. The molecule has 0 aliphatic rings. The quantitative estimate of drug-likeness (QED) is 0.407. The first-order valence-corrected chi connectivity index (χ1v) is 1.95. The van der Waals surface area contributed by atoms with Crippen molar-refractivity contribution in [1.29, 1.82) is 0 Å². The minimum atomic E-state index is -3.13. The van der Waals surface area contributed by atoms with Crippen molar-refractivity contribution in [1.82, 2.24) is 0 Å². The normalized spacial score (nSPS) is 5.83. The second-order valence-electron chi connectivity index (χ2n) is 0.283. The third kappa shape index (κ3) is 60.5. The van der Waals surface area contributed by atoms with E-state index in [0.29, 0.717) is 0 Å². The minimum Gasteiger partial charge on any atom is -0.358 e. The third-order valence-corrected chi connectivity index (χ3v) is 0. The molecule has 0 saturated carbocycles. The van der Waals surface area contributed by atoms with E-state index in [1.165, 1.54) is 0 Å². The Labute approximate surface area is 62.6 Å². The summed E-state index contributed by atoms with van der Waals surface area (Å²) in [6.45, 7) is 0. The number of rotatable bonds is 0. The molecule has 0 bridgehead atoms. The van der Waals surface area contributed by atoms with Gasteiger partial charge in [0.25, 0.3) is 0 Å². The molecule has 0 unspecified atom stereocenters. The first-order valence-electron chi connectivity index (χ1n) is 0.651. The van der Waals surface area contributed by atoms with E-state index in [9.17, 15) is 0 Å². The fourth-order valence-electron chi connectivity index (χ4n) is 0. The van der Waals surface area contributed by atoms with Crippen LogP contribution in [-0.2, 0) is 37.3 Å². The Hall–Kier alpha value is 1.25. The van der Waals surface area contributed by atoms with Gasteiger partial charge in [-0.15, -0.1) is 0 Å². The molecule has 3 nitrogen and oxygen atoms in total. The van der Waals surface area contributed by atoms with Crippen molar-refractivity contribution in [2.45, 2.75) is 0 Å². The monoisotopic (exact) mass is 186 g/mol. The van der Waals surface area contributed by atoms with Crippen LogP contribution in [0.3, 0.4) is 0 Å². The molecule has 0 spiro atoms. The van der Waals surface area contributed by atoms with Crippen LogP contribution in [0.5, 0.6) is 0 Å². The second-order valence-corrected chi connectivity index (χ2v) is 0.848. The average molecular weight is 186 g/mol. The van der Waals surface area contributed by atoms with E-state index in [-0.39, 0.29) is 40.1 Å². The predicted molar refractivity (Wildman–Crippen MR) is 19.9 cm³/mol. The van der Waals surface area contributed by atoms with E-state index in [0.717, 1.165) is 0 Å². The zero-order chi connectivity index (χ0) is 3.58. The molecule has 5 heteroatoms. The third-order valence-electron chi connectivity index (χ3n) is 0. The maximum absolute atomic E-state index is 8.74. The van der Waals surface area contributed by atoms with Crippen LogP contribution in [0.4, 0.5) is 0 Å². The Bertz CT molecular complexity index is 33.8. The van der Waals surface area contributed by atoms with Crippen LogP contribution in [0.2, 0.25) is 0 Å². The fourth-order valence-corrected chi connectivity index (χ4v) is 0. The first kappa shape index (κ1) is 15.7. The van der Waals surface area contributed by atoms with E-state index >= 15 is 0 Å². The van der Waals surface area contributed by atoms with Gasteiger partial charge in [0.15, 0.2) is 0 Å². The summed E-state index contributed by atoms with van der Waals surface area (Å²) in [5.74, 6) is 0. The van der Waals surface area contributed by atoms with Gasteiger partial charge in [-0.3, -0.25) is 4.57 Å². The molecular formula is CH6O3PY-. The summed E-state index contributed by atoms with van der Waals surface area (Å²) in [5.41, 5.74) is 0. The van der Waals surface area contributed by atoms with Crippen LogP contribution < -0.4 is 0 Å². The Morgan fingerprint density at radius 3 is 1.33 bits per heavy atom. The van der Waals surface area contributed by atoms with Crippen LogP contribution in [0.1, 0.15) is 0 Å². The van der Waals surface area contributed by atoms with E-state index in [1.807, 2.05) is 0 Å². The Kier molecular flexibility index (Phi) is 24.9. The summed E-state index contributed by atoms with van der Waals surface area (Å²) in [4.78, 5) is 14.3. The van der Waals surface area contributed by atoms with E-state index in [4.69, 9.17) is 14.4 Å². The summed E-state index contributed by atoms with van der Waals surface area (Å²) in [6.07, 6.45) is 0. The van der Waals surface area contributed by atoms with Crippen LogP contribution in [0.25, 0.3) is 0 Å². The maximum atomic E-state index is 8.74. The topological polar surface area (TPSA) is 57.5 Å². The first-order chi connectivity index (χ1) is 1.73. The number of hydrogen-bond acceptors (Lipinski definition) is 1. The van der Waals surface area contributed by atoms with Crippen LogP contribution >= 0.6 is 8.25 Å². The fraction of sp³-hybridized carbons (Fsp3) is 0. The summed E-state index contributed by atoms with van der Waals surface area (Å²) >= 11 is 0. The van der Waals surface area contributed by atoms with Crippen LogP contribution in [0.15, 0.2) is 0 Å². The molecule has 0 aliphatic carbocycles. The van der Waals surface area contributed by atoms with E-state index in [1.54, 1.807) is 0 Å². The molecule has 0 aromatic heterocycles. The Morgan fingerprint density at radius 1 is 1.33 bits per heavy atom. The van der Waals surface area contributed by atoms with Gasteiger partial charge in [0.2, 0.25) is 0 Å². The molecular weight excluding hydrogens is 180 g/mol. The number of hydrogen-bond donors (Lipinski definition) is 2. The molecule has 0 heterocycles. The SMILES string of the molecule is O=[PH](O)O.[CH3-].[Y]. The summed E-state index contributed by atoms with van der Waals surface area (Å²) < 4.78 is 8.74. The van der Waals surface area contributed by atoms with Crippen molar-refractivity contribution < 1.29 is 47.1 Å². The Balaban J connectivity index is -0.0000000450. The molecule has 6 heavy (non-hydrogen) atoms. The standard InChI is InChI=1S/CH3.H3O3P.Y/c;1-4(2)3;/h1H3;4H,(H2,1,2,3);/q-1;;. The van der Waals surface area contributed by atoms with Gasteiger partial charge >= 0.3 is 8.25 Å². The van der Waals surface area contributed by atoms with Gasteiger partial charge in [-0.1, -0.05) is 0 Å². The average Bonchev–Trinajstić information content (AvgIpc) is 0.811. The van der Waals surface area contributed by atoms with Gasteiger partial charge in [0.1, 0.15) is 0 Å². The zero-order valence-electron chi connectivity index (χ0n) is 3.38. The summed E-state index contributed by atoms with van der Waals surface area (Å²) in [6, 6.07) is 0. The van der Waals surface area contributed by atoms with Crippen molar-refractivity contribution in [2.24, 2.45) is 0 Å². The summed E-state index contributed by atoms with van der Waals surface area (Å²) in [7, 11) is -3.13. The molecule has 37 valence electrons. The molecule has 0 saturated heterocycles. The predicted octanol–water partition coefficient (Wildman–Crippen LogP) is -0.192. The van der Waals surface area contributed by atoms with Gasteiger partial charge in [-0.2, -0.15) is 0 Å². The van der Waals surface area contributed by atoms with Gasteiger partial charge < -0.3 is 17.2 Å². The second kappa shape index (κ2) is 9.54. The van der Waals surface area contributed by atoms with Crippen molar-refractivity contribution >= 4 is 8.25 Å². The van der Waals surface area contributed by atoms with Gasteiger partial charge in [0.05, 0.1) is 0 Å². The van der Waals surface area contributed by atoms with Crippen LogP contribution in [-0.4, -0.2) is 9.79 Å². The van der Waals surface area contributed by atoms with Crippen molar-refractivity contribution in [3.05, 3.63) is 7.43 Å². The Morgan fingerprint density at radius 2 is 1.33 bits per heavy atom. The molecule has 0 aromatic carbocycles. The van der Waals surface area contributed by atoms with Gasteiger partial charge in [0, 0.05) is 32.7 Å². The van der Waals surface area contributed by atoms with E-state index in [2.05, 4.69) is 0 Å². The van der Waals surface area contributed by atoms with Crippen molar-refractivity contribution in [2.75, 3.05) is 0 Å². The molecule has 1 radical (unpaired) electrons. The van der Waals surface area contributed by atoms with Crippen molar-refractivity contribution in [3.63, 3.8) is 0 Å². The van der Waals surface area contributed by atoms with E-state index < -0.39 is 8.25 Å². The van der Waals surface area contributed by atoms with Crippen molar-refractivity contribution in [3.8, 4) is 0 Å². The molecule has 2 N–H and O–H groups in total. The molecule has 0 rings (SSSR count). The molecule has 0 amide bonds. The minimum absolute atomic E-state index is 0.